The number of benzene rings is 1. The second kappa shape index (κ2) is 5.73. The maximum atomic E-state index is 12.8. The van der Waals surface area contributed by atoms with E-state index >= 15 is 0 Å². The molecule has 22 heavy (non-hydrogen) atoms. The number of hydrogen-bond donors (Lipinski definition) is 0. The molecule has 2 aliphatic rings. The number of nitrogens with zero attached hydrogens (tertiary/aromatic N) is 2. The van der Waals surface area contributed by atoms with Crippen molar-refractivity contribution in [2.24, 2.45) is 0 Å². The Balaban J connectivity index is 1.82. The van der Waals surface area contributed by atoms with E-state index < -0.39 is 15.1 Å². The second-order valence-corrected chi connectivity index (χ2v) is 8.20. The van der Waals surface area contributed by atoms with Crippen LogP contribution in [0, 0.1) is 11.3 Å². The lowest BCUT2D eigenvalue weighted by molar-refractivity contribution is -0.134. The van der Waals surface area contributed by atoms with Gasteiger partial charge in [-0.1, -0.05) is 18.2 Å². The van der Waals surface area contributed by atoms with E-state index in [1.807, 2.05) is 6.07 Å². The van der Waals surface area contributed by atoms with Crippen LogP contribution in [0.25, 0.3) is 0 Å². The molecule has 0 saturated carbocycles. The van der Waals surface area contributed by atoms with Gasteiger partial charge in [0.2, 0.25) is 5.91 Å². The summed E-state index contributed by atoms with van der Waals surface area (Å²) in [7, 11) is -3.35. The number of amides is 1. The Morgan fingerprint density at radius 2 is 1.77 bits per heavy atom. The number of hydrogen-bond acceptors (Lipinski definition) is 4. The van der Waals surface area contributed by atoms with E-state index in [-0.39, 0.29) is 24.4 Å². The van der Waals surface area contributed by atoms with Gasteiger partial charge < -0.3 is 4.90 Å². The van der Waals surface area contributed by atoms with Crippen LogP contribution in [0.2, 0.25) is 0 Å². The molecule has 2 aliphatic heterocycles. The molecule has 3 rings (SSSR count). The van der Waals surface area contributed by atoms with E-state index in [4.69, 9.17) is 5.26 Å². The third kappa shape index (κ3) is 2.50. The van der Waals surface area contributed by atoms with Crippen LogP contribution in [0.1, 0.15) is 32.1 Å². The Morgan fingerprint density at radius 3 is 2.32 bits per heavy atom. The standard InChI is InChI=1S/C16H18N2O3S/c17-9-8-16(19)18-12-6-7-13(18)11-15(10-12)22(20,21)14-4-2-1-3-5-14/h1-5,12-13,15H,6-8,10-11H2. The Bertz CT molecular complexity index is 695. The summed E-state index contributed by atoms with van der Waals surface area (Å²) in [5, 5.41) is 8.26. The molecule has 116 valence electrons. The predicted octanol–water partition coefficient (Wildman–Crippen LogP) is 1.90. The fourth-order valence-electron chi connectivity index (χ4n) is 3.75. The van der Waals surface area contributed by atoms with Crippen molar-refractivity contribution < 1.29 is 13.2 Å². The van der Waals surface area contributed by atoms with Crippen molar-refractivity contribution in [3.8, 4) is 6.07 Å². The number of carbonyl (C=O) groups is 1. The first-order valence-corrected chi connectivity index (χ1v) is 9.05. The molecule has 2 fully saturated rings. The summed E-state index contributed by atoms with van der Waals surface area (Å²) in [4.78, 5) is 14.2. The number of piperidine rings is 1. The van der Waals surface area contributed by atoms with E-state index in [0.29, 0.717) is 17.7 Å². The average Bonchev–Trinajstić information content (AvgIpc) is 2.78. The maximum Gasteiger partial charge on any atom is 0.237 e. The number of rotatable bonds is 3. The Hall–Kier alpha value is -1.87. The molecule has 5 nitrogen and oxygen atoms in total. The number of sulfone groups is 1. The van der Waals surface area contributed by atoms with E-state index in [9.17, 15) is 13.2 Å². The van der Waals surface area contributed by atoms with E-state index in [2.05, 4.69) is 0 Å². The van der Waals surface area contributed by atoms with Crippen LogP contribution in [0.15, 0.2) is 35.2 Å². The minimum absolute atomic E-state index is 0.0388. The highest BCUT2D eigenvalue weighted by molar-refractivity contribution is 7.92. The third-order valence-corrected chi connectivity index (χ3v) is 6.91. The Kier molecular flexibility index (Phi) is 3.92. The topological polar surface area (TPSA) is 78.2 Å². The summed E-state index contributed by atoms with van der Waals surface area (Å²) in [6, 6.07) is 10.3. The van der Waals surface area contributed by atoms with Gasteiger partial charge in [-0.3, -0.25) is 4.79 Å². The van der Waals surface area contributed by atoms with Crippen molar-refractivity contribution in [3.63, 3.8) is 0 Å². The van der Waals surface area contributed by atoms with Gasteiger partial charge in [0, 0.05) is 12.1 Å². The van der Waals surface area contributed by atoms with E-state index in [1.165, 1.54) is 0 Å². The first-order valence-electron chi connectivity index (χ1n) is 7.51. The minimum atomic E-state index is -3.35. The highest BCUT2D eigenvalue weighted by Gasteiger charge is 2.46. The summed E-state index contributed by atoms with van der Waals surface area (Å²) in [6.07, 6.45) is 2.50. The predicted molar refractivity (Wildman–Crippen MR) is 80.5 cm³/mol. The van der Waals surface area contributed by atoms with Crippen LogP contribution >= 0.6 is 0 Å². The summed E-state index contributed by atoms with van der Waals surface area (Å²) >= 11 is 0. The van der Waals surface area contributed by atoms with Crippen LogP contribution < -0.4 is 0 Å². The molecular formula is C16H18N2O3S. The fraction of sp³-hybridized carbons (Fsp3) is 0.500. The van der Waals surface area contributed by atoms with Crippen LogP contribution in [-0.2, 0) is 14.6 Å². The second-order valence-electron chi connectivity index (χ2n) is 5.97. The lowest BCUT2D eigenvalue weighted by atomic mass is 10.0. The monoisotopic (exact) mass is 318 g/mol. The first kappa shape index (κ1) is 15.0. The first-order chi connectivity index (χ1) is 10.5. The van der Waals surface area contributed by atoms with Gasteiger partial charge in [-0.2, -0.15) is 5.26 Å². The molecule has 2 heterocycles. The molecule has 2 bridgehead atoms. The summed E-state index contributed by atoms with van der Waals surface area (Å²) < 4.78 is 25.5. The molecule has 6 heteroatoms. The lowest BCUT2D eigenvalue weighted by Gasteiger charge is -2.38. The summed E-state index contributed by atoms with van der Waals surface area (Å²) in [5.74, 6) is -0.162. The number of nitriles is 1. The van der Waals surface area contributed by atoms with Crippen molar-refractivity contribution in [2.45, 2.75) is 54.3 Å². The van der Waals surface area contributed by atoms with Gasteiger partial charge >= 0.3 is 0 Å². The quantitative estimate of drug-likeness (QED) is 0.852. The van der Waals surface area contributed by atoms with Gasteiger partial charge in [-0.25, -0.2) is 8.42 Å². The van der Waals surface area contributed by atoms with E-state index in [1.54, 1.807) is 35.2 Å². The molecule has 2 unspecified atom stereocenters. The highest BCUT2D eigenvalue weighted by Crippen LogP contribution is 2.40. The number of fused-ring (bicyclic) bond motifs is 2. The van der Waals surface area contributed by atoms with Gasteiger partial charge in [0.25, 0.3) is 0 Å². The molecule has 0 N–H and O–H groups in total. The zero-order chi connectivity index (χ0) is 15.7. The normalized spacial score (nSPS) is 27.4. The van der Waals surface area contributed by atoms with Gasteiger partial charge in [-0.05, 0) is 37.8 Å². The minimum Gasteiger partial charge on any atom is -0.336 e. The lowest BCUT2D eigenvalue weighted by Crippen LogP contribution is -2.49. The molecule has 1 aromatic rings. The molecule has 0 aliphatic carbocycles. The van der Waals surface area contributed by atoms with E-state index in [0.717, 1.165) is 12.8 Å². The van der Waals surface area contributed by atoms with Crippen LogP contribution in [0.5, 0.6) is 0 Å². The Labute approximate surface area is 130 Å². The van der Waals surface area contributed by atoms with Gasteiger partial charge in [0.1, 0.15) is 6.42 Å². The van der Waals surface area contributed by atoms with Crippen LogP contribution in [-0.4, -0.2) is 36.6 Å². The molecular weight excluding hydrogens is 300 g/mol. The molecule has 2 saturated heterocycles. The largest absolute Gasteiger partial charge is 0.336 e. The molecule has 0 radical (unpaired) electrons. The molecule has 0 spiro atoms. The Morgan fingerprint density at radius 1 is 1.18 bits per heavy atom. The fourth-order valence-corrected chi connectivity index (χ4v) is 5.62. The zero-order valence-electron chi connectivity index (χ0n) is 12.2. The van der Waals surface area contributed by atoms with Crippen molar-refractivity contribution in [3.05, 3.63) is 30.3 Å². The van der Waals surface area contributed by atoms with Crippen molar-refractivity contribution >= 4 is 15.7 Å². The van der Waals surface area contributed by atoms with Crippen LogP contribution in [0.4, 0.5) is 0 Å². The summed E-state index contributed by atoms with van der Waals surface area (Å²) in [6.45, 7) is 0. The zero-order valence-corrected chi connectivity index (χ0v) is 13.0. The van der Waals surface area contributed by atoms with Crippen molar-refractivity contribution in [1.29, 1.82) is 5.26 Å². The SMILES string of the molecule is N#CCC(=O)N1C2CCC1CC(S(=O)(=O)c1ccccc1)C2. The van der Waals surface area contributed by atoms with Crippen molar-refractivity contribution in [2.75, 3.05) is 0 Å². The van der Waals surface area contributed by atoms with Crippen LogP contribution in [0.3, 0.4) is 0 Å². The number of carbonyl (C=O) groups excluding carboxylic acids is 1. The molecule has 1 amide bonds. The summed E-state index contributed by atoms with van der Waals surface area (Å²) in [5.41, 5.74) is 0. The third-order valence-electron chi connectivity index (χ3n) is 4.72. The van der Waals surface area contributed by atoms with Gasteiger partial charge in [0.05, 0.1) is 16.2 Å². The molecule has 1 aromatic carbocycles. The molecule has 2 atom stereocenters. The van der Waals surface area contributed by atoms with Gasteiger partial charge in [0.15, 0.2) is 9.84 Å². The van der Waals surface area contributed by atoms with Gasteiger partial charge in [-0.15, -0.1) is 0 Å². The maximum absolute atomic E-state index is 12.8. The highest BCUT2D eigenvalue weighted by atomic mass is 32.2. The van der Waals surface area contributed by atoms with Crippen molar-refractivity contribution in [1.82, 2.24) is 4.90 Å². The smallest absolute Gasteiger partial charge is 0.237 e. The average molecular weight is 318 g/mol. The molecule has 0 aromatic heterocycles.